The van der Waals surface area contributed by atoms with Crippen LogP contribution in [0.4, 0.5) is 5.69 Å². The number of anilines is 1. The maximum Gasteiger partial charge on any atom is 0.256 e. The third-order valence-electron chi connectivity index (χ3n) is 3.72. The molecule has 1 aromatic heterocycles. The lowest BCUT2D eigenvalue weighted by Crippen LogP contribution is -2.54. The van der Waals surface area contributed by atoms with Crippen molar-refractivity contribution in [3.8, 4) is 0 Å². The number of pyridine rings is 1. The van der Waals surface area contributed by atoms with Crippen LogP contribution in [0.15, 0.2) is 18.5 Å². The fourth-order valence-electron chi connectivity index (χ4n) is 2.45. The van der Waals surface area contributed by atoms with Crippen LogP contribution >= 0.6 is 0 Å². The van der Waals surface area contributed by atoms with Crippen molar-refractivity contribution in [2.75, 3.05) is 31.6 Å². The van der Waals surface area contributed by atoms with E-state index in [0.717, 1.165) is 26.2 Å². The van der Waals surface area contributed by atoms with Gasteiger partial charge >= 0.3 is 0 Å². The van der Waals surface area contributed by atoms with E-state index >= 15 is 0 Å². The predicted octanol–water partition coefficient (Wildman–Crippen LogP) is 0.924. The van der Waals surface area contributed by atoms with Gasteiger partial charge in [0, 0.05) is 37.9 Å². The van der Waals surface area contributed by atoms with Crippen LogP contribution in [-0.4, -0.2) is 52.4 Å². The Labute approximate surface area is 119 Å². The van der Waals surface area contributed by atoms with Gasteiger partial charge in [0.2, 0.25) is 0 Å². The molecule has 1 fully saturated rings. The second-order valence-corrected chi connectivity index (χ2v) is 6.02. The lowest BCUT2D eigenvalue weighted by molar-refractivity contribution is 0.0451. The van der Waals surface area contributed by atoms with Crippen LogP contribution in [0.25, 0.3) is 0 Å². The standard InChI is InChI=1S/C14H23N5O/c1-14(2,3)19-8-6-18(7-9-19)13(20)11-4-5-16-10-12(11)17-15/h4-5,10,17H,6-9,15H2,1-3H3. The molecule has 6 nitrogen and oxygen atoms in total. The molecule has 1 saturated heterocycles. The van der Waals surface area contributed by atoms with Gasteiger partial charge in [-0.25, -0.2) is 0 Å². The molecular formula is C14H23N5O. The van der Waals surface area contributed by atoms with E-state index in [2.05, 4.69) is 36.1 Å². The normalized spacial score (nSPS) is 17.1. The van der Waals surface area contributed by atoms with Crippen molar-refractivity contribution in [3.05, 3.63) is 24.0 Å². The van der Waals surface area contributed by atoms with Gasteiger partial charge in [-0.05, 0) is 26.8 Å². The number of hydrogen-bond donors (Lipinski definition) is 2. The van der Waals surface area contributed by atoms with Gasteiger partial charge in [-0.15, -0.1) is 0 Å². The van der Waals surface area contributed by atoms with Gasteiger partial charge < -0.3 is 10.3 Å². The average molecular weight is 277 g/mol. The molecule has 0 saturated carbocycles. The number of nitrogens with two attached hydrogens (primary N) is 1. The van der Waals surface area contributed by atoms with Gasteiger partial charge in [-0.2, -0.15) is 0 Å². The SMILES string of the molecule is CC(C)(C)N1CCN(C(=O)c2ccncc2NN)CC1. The van der Waals surface area contributed by atoms with E-state index < -0.39 is 0 Å². The molecule has 0 aromatic carbocycles. The maximum atomic E-state index is 12.5. The van der Waals surface area contributed by atoms with Crippen LogP contribution in [0.2, 0.25) is 0 Å². The van der Waals surface area contributed by atoms with Gasteiger partial charge in [0.25, 0.3) is 5.91 Å². The van der Waals surface area contributed by atoms with Crippen LogP contribution < -0.4 is 11.3 Å². The van der Waals surface area contributed by atoms with Crippen LogP contribution in [0, 0.1) is 0 Å². The highest BCUT2D eigenvalue weighted by atomic mass is 16.2. The predicted molar refractivity (Wildman–Crippen MR) is 79.3 cm³/mol. The molecule has 20 heavy (non-hydrogen) atoms. The molecule has 0 bridgehead atoms. The molecule has 1 aromatic rings. The summed E-state index contributed by atoms with van der Waals surface area (Å²) in [5.41, 5.74) is 3.82. The summed E-state index contributed by atoms with van der Waals surface area (Å²) in [5, 5.41) is 0. The molecule has 2 rings (SSSR count). The van der Waals surface area contributed by atoms with E-state index in [0.29, 0.717) is 11.3 Å². The summed E-state index contributed by atoms with van der Waals surface area (Å²) >= 11 is 0. The lowest BCUT2D eigenvalue weighted by Gasteiger charge is -2.42. The Kier molecular flexibility index (Phi) is 4.25. The van der Waals surface area contributed by atoms with E-state index in [1.54, 1.807) is 18.5 Å². The molecular weight excluding hydrogens is 254 g/mol. The molecule has 0 radical (unpaired) electrons. The zero-order valence-corrected chi connectivity index (χ0v) is 12.4. The van der Waals surface area contributed by atoms with Crippen molar-refractivity contribution >= 4 is 11.6 Å². The second-order valence-electron chi connectivity index (χ2n) is 6.02. The summed E-state index contributed by atoms with van der Waals surface area (Å²) in [7, 11) is 0. The number of rotatable bonds is 2. The summed E-state index contributed by atoms with van der Waals surface area (Å²) in [4.78, 5) is 20.8. The molecule has 3 N–H and O–H groups in total. The Morgan fingerprint density at radius 1 is 1.30 bits per heavy atom. The third kappa shape index (κ3) is 3.08. The molecule has 0 atom stereocenters. The van der Waals surface area contributed by atoms with Crippen LogP contribution in [0.1, 0.15) is 31.1 Å². The van der Waals surface area contributed by atoms with Crippen LogP contribution in [0.5, 0.6) is 0 Å². The first-order valence-electron chi connectivity index (χ1n) is 6.88. The molecule has 0 aliphatic carbocycles. The van der Waals surface area contributed by atoms with Gasteiger partial charge in [0.1, 0.15) is 0 Å². The molecule has 1 amide bonds. The Morgan fingerprint density at radius 3 is 2.50 bits per heavy atom. The number of piperazine rings is 1. The monoisotopic (exact) mass is 277 g/mol. The molecule has 0 unspecified atom stereocenters. The van der Waals surface area contributed by atoms with Gasteiger partial charge in [0.05, 0.1) is 17.4 Å². The van der Waals surface area contributed by atoms with E-state index in [-0.39, 0.29) is 11.4 Å². The second kappa shape index (κ2) is 5.76. The average Bonchev–Trinajstić information content (AvgIpc) is 2.45. The summed E-state index contributed by atoms with van der Waals surface area (Å²) in [6.07, 6.45) is 3.18. The zero-order valence-electron chi connectivity index (χ0n) is 12.4. The first-order chi connectivity index (χ1) is 9.43. The van der Waals surface area contributed by atoms with Crippen molar-refractivity contribution in [1.29, 1.82) is 0 Å². The van der Waals surface area contributed by atoms with E-state index in [1.165, 1.54) is 0 Å². The van der Waals surface area contributed by atoms with Crippen molar-refractivity contribution in [1.82, 2.24) is 14.8 Å². The van der Waals surface area contributed by atoms with Crippen molar-refractivity contribution in [2.24, 2.45) is 5.84 Å². The van der Waals surface area contributed by atoms with Crippen LogP contribution in [-0.2, 0) is 0 Å². The minimum atomic E-state index is 0.00825. The zero-order chi connectivity index (χ0) is 14.8. The van der Waals surface area contributed by atoms with Gasteiger partial charge in [-0.3, -0.25) is 20.5 Å². The molecule has 110 valence electrons. The Balaban J connectivity index is 2.05. The number of hydrazine groups is 1. The quantitative estimate of drug-likeness (QED) is 0.621. The number of aromatic nitrogens is 1. The highest BCUT2D eigenvalue weighted by molar-refractivity contribution is 5.99. The molecule has 0 spiro atoms. The van der Waals surface area contributed by atoms with Gasteiger partial charge in [0.15, 0.2) is 0 Å². The largest absolute Gasteiger partial charge is 0.336 e. The Hall–Kier alpha value is -1.66. The highest BCUT2D eigenvalue weighted by Gasteiger charge is 2.28. The van der Waals surface area contributed by atoms with Gasteiger partial charge in [-0.1, -0.05) is 0 Å². The fourth-order valence-corrected chi connectivity index (χ4v) is 2.45. The van der Waals surface area contributed by atoms with Crippen molar-refractivity contribution in [2.45, 2.75) is 26.3 Å². The number of nitrogens with zero attached hydrogens (tertiary/aromatic N) is 3. The number of amides is 1. The molecule has 2 heterocycles. The first-order valence-corrected chi connectivity index (χ1v) is 6.88. The van der Waals surface area contributed by atoms with E-state index in [1.807, 2.05) is 4.90 Å². The van der Waals surface area contributed by atoms with E-state index in [4.69, 9.17) is 5.84 Å². The molecule has 6 heteroatoms. The molecule has 1 aliphatic rings. The lowest BCUT2D eigenvalue weighted by atomic mass is 10.0. The number of carbonyl (C=O) groups is 1. The summed E-state index contributed by atoms with van der Waals surface area (Å²) < 4.78 is 0. The fraction of sp³-hybridized carbons (Fsp3) is 0.571. The molecule has 1 aliphatic heterocycles. The Bertz CT molecular complexity index is 475. The minimum Gasteiger partial charge on any atom is -0.336 e. The number of carbonyl (C=O) groups excluding carboxylic acids is 1. The Morgan fingerprint density at radius 2 is 1.95 bits per heavy atom. The van der Waals surface area contributed by atoms with E-state index in [9.17, 15) is 4.79 Å². The number of nitrogen functional groups attached to an aromatic ring is 1. The smallest absolute Gasteiger partial charge is 0.256 e. The summed E-state index contributed by atoms with van der Waals surface area (Å²) in [6.45, 7) is 9.86. The summed E-state index contributed by atoms with van der Waals surface area (Å²) in [5.74, 6) is 5.44. The third-order valence-corrected chi connectivity index (χ3v) is 3.72. The number of nitrogens with one attached hydrogen (secondary N) is 1. The highest BCUT2D eigenvalue weighted by Crippen LogP contribution is 2.19. The maximum absolute atomic E-state index is 12.5. The number of hydrogen-bond acceptors (Lipinski definition) is 5. The van der Waals surface area contributed by atoms with Crippen molar-refractivity contribution in [3.63, 3.8) is 0 Å². The van der Waals surface area contributed by atoms with Crippen LogP contribution in [0.3, 0.4) is 0 Å². The van der Waals surface area contributed by atoms with Crippen molar-refractivity contribution < 1.29 is 4.79 Å². The first kappa shape index (κ1) is 14.7. The summed E-state index contributed by atoms with van der Waals surface area (Å²) in [6, 6.07) is 1.70. The minimum absolute atomic E-state index is 0.00825. The topological polar surface area (TPSA) is 74.5 Å².